The maximum atomic E-state index is 12.9. The van der Waals surface area contributed by atoms with E-state index >= 15 is 0 Å². The first-order chi connectivity index (χ1) is 38.6. The summed E-state index contributed by atoms with van der Waals surface area (Å²) in [4.78, 5) is 37.5. The maximum Gasteiger partial charge on any atom is 0.361 e. The second kappa shape index (κ2) is 59.5. The van der Waals surface area contributed by atoms with Gasteiger partial charge < -0.3 is 28.5 Å². The Morgan fingerprint density at radius 1 is 0.392 bits per heavy atom. The Bertz CT molecular complexity index is 1750. The zero-order valence-electron chi connectivity index (χ0n) is 51.0. The molecule has 0 aromatic carbocycles. The van der Waals surface area contributed by atoms with Gasteiger partial charge in [-0.2, -0.15) is 0 Å². The summed E-state index contributed by atoms with van der Waals surface area (Å²) in [7, 11) is 5.95. The van der Waals surface area contributed by atoms with Crippen LogP contribution in [0.15, 0.2) is 134 Å². The number of rotatable bonds is 56. The molecule has 9 nitrogen and oxygen atoms in total. The third kappa shape index (κ3) is 60.9. The molecule has 0 radical (unpaired) electrons. The molecule has 0 saturated carbocycles. The van der Waals surface area contributed by atoms with Crippen molar-refractivity contribution in [2.75, 3.05) is 47.5 Å². The maximum absolute atomic E-state index is 12.9. The molecule has 9 heteroatoms. The lowest BCUT2D eigenvalue weighted by Gasteiger charge is -2.25. The van der Waals surface area contributed by atoms with Crippen LogP contribution in [-0.2, 0) is 33.3 Å². The highest BCUT2D eigenvalue weighted by atomic mass is 16.7. The Morgan fingerprint density at radius 3 is 1.08 bits per heavy atom. The molecule has 0 bridgehead atoms. The van der Waals surface area contributed by atoms with Crippen molar-refractivity contribution in [3.05, 3.63) is 134 Å². The van der Waals surface area contributed by atoms with E-state index in [4.69, 9.17) is 18.9 Å². The largest absolute Gasteiger partial charge is 0.477 e. The SMILES string of the molecule is CC/C=C\C/C=C\C/C=C\C/C=C\C/C=C\C/C=C\C/C=C\C/C=C\CCCCCCC(=O)OC(COC(=O)CCCCCCCCCCCC/C=C\C/C=C\C/C=C\CCCCCCC)COC(OCC[N+](C)(C)C)C(=O)O. The molecule has 0 aliphatic carbocycles. The normalized spacial score (nSPS) is 13.7. The monoisotopic (exact) mass is 1100 g/mol. The Kier molecular flexibility index (Phi) is 56.1. The van der Waals surface area contributed by atoms with Crippen molar-refractivity contribution in [1.29, 1.82) is 0 Å². The van der Waals surface area contributed by atoms with Crippen molar-refractivity contribution in [2.45, 2.75) is 245 Å². The number of carbonyl (C=O) groups is 3. The molecule has 0 fully saturated rings. The number of unbranched alkanes of at least 4 members (excludes halogenated alkanes) is 19. The fourth-order valence-corrected chi connectivity index (χ4v) is 8.09. The van der Waals surface area contributed by atoms with E-state index in [2.05, 4.69) is 148 Å². The van der Waals surface area contributed by atoms with E-state index < -0.39 is 24.3 Å². The topological polar surface area (TPSA) is 108 Å². The van der Waals surface area contributed by atoms with Crippen LogP contribution < -0.4 is 0 Å². The average Bonchev–Trinajstić information content (AvgIpc) is 3.42. The molecule has 0 amide bonds. The third-order valence-electron chi connectivity index (χ3n) is 12.9. The minimum Gasteiger partial charge on any atom is -0.477 e. The van der Waals surface area contributed by atoms with E-state index in [0.29, 0.717) is 17.4 Å². The molecular weight excluding hydrogens is 983 g/mol. The first-order valence-corrected chi connectivity index (χ1v) is 31.3. The van der Waals surface area contributed by atoms with E-state index in [1.54, 1.807) is 0 Å². The highest BCUT2D eigenvalue weighted by Crippen LogP contribution is 2.14. The van der Waals surface area contributed by atoms with Crippen LogP contribution in [-0.4, -0.2) is 87.4 Å². The van der Waals surface area contributed by atoms with Gasteiger partial charge in [0.25, 0.3) is 6.29 Å². The van der Waals surface area contributed by atoms with E-state index in [-0.39, 0.29) is 38.6 Å². The number of hydrogen-bond donors (Lipinski definition) is 1. The minimum atomic E-state index is -1.53. The lowest BCUT2D eigenvalue weighted by Crippen LogP contribution is -2.40. The van der Waals surface area contributed by atoms with E-state index in [9.17, 15) is 19.5 Å². The third-order valence-corrected chi connectivity index (χ3v) is 12.9. The van der Waals surface area contributed by atoms with Crippen molar-refractivity contribution in [3.63, 3.8) is 0 Å². The molecule has 1 N–H and O–H groups in total. The highest BCUT2D eigenvalue weighted by Gasteiger charge is 2.25. The second-order valence-electron chi connectivity index (χ2n) is 21.6. The summed E-state index contributed by atoms with van der Waals surface area (Å²) in [6, 6.07) is 0. The van der Waals surface area contributed by atoms with Crippen LogP contribution in [0.25, 0.3) is 0 Å². The van der Waals surface area contributed by atoms with Gasteiger partial charge in [0.15, 0.2) is 6.10 Å². The lowest BCUT2D eigenvalue weighted by atomic mass is 10.1. The molecular formula is C70H116NO8+. The van der Waals surface area contributed by atoms with Gasteiger partial charge in [-0.05, 0) is 116 Å². The number of carbonyl (C=O) groups excluding carboxylic acids is 2. The summed E-state index contributed by atoms with van der Waals surface area (Å²) in [5.74, 6) is -2.06. The zero-order valence-corrected chi connectivity index (χ0v) is 51.0. The first-order valence-electron chi connectivity index (χ1n) is 31.3. The number of quaternary nitrogens is 1. The van der Waals surface area contributed by atoms with Gasteiger partial charge in [-0.3, -0.25) is 9.59 Å². The Balaban J connectivity index is 4.32. The van der Waals surface area contributed by atoms with Crippen LogP contribution in [0, 0.1) is 0 Å². The molecule has 0 spiro atoms. The molecule has 0 aliphatic heterocycles. The molecule has 0 rings (SSSR count). The summed E-state index contributed by atoms with van der Waals surface area (Å²) in [6.45, 7) is 4.70. The van der Waals surface area contributed by atoms with Gasteiger partial charge in [-0.1, -0.05) is 237 Å². The number of likely N-dealkylation sites (N-methyl/N-ethyl adjacent to an activating group) is 1. The van der Waals surface area contributed by atoms with Gasteiger partial charge in [-0.25, -0.2) is 4.79 Å². The number of allylic oxidation sites excluding steroid dienone is 22. The molecule has 0 aromatic heterocycles. The van der Waals surface area contributed by atoms with Gasteiger partial charge >= 0.3 is 17.9 Å². The molecule has 448 valence electrons. The number of carboxylic acid groups (broad SMARTS) is 1. The number of ether oxygens (including phenoxy) is 4. The van der Waals surface area contributed by atoms with Gasteiger partial charge in [0.2, 0.25) is 0 Å². The van der Waals surface area contributed by atoms with Crippen LogP contribution in [0.1, 0.15) is 232 Å². The minimum absolute atomic E-state index is 0.174. The summed E-state index contributed by atoms with van der Waals surface area (Å²) < 4.78 is 22.9. The Labute approximate surface area is 484 Å². The summed E-state index contributed by atoms with van der Waals surface area (Å²) >= 11 is 0. The standard InChI is InChI=1S/C70H115NO8/c1-6-8-10-12-14-16-18-20-22-24-26-28-30-32-33-34-35-37-39-41-43-45-47-49-51-53-55-57-59-61-68(73)79-66(65-78-70(69(74)75)76-63-62-71(3,4)5)64-77-67(72)60-58-56-54-52-50-48-46-44-42-40-38-36-31-29-27-25-23-21-19-17-15-13-11-9-7-2/h8,10,14,16,19-22,25-28,31-33,35-37,41,43,47,49,66,70H,6-7,9,11-13,15,17-18,23-24,29-30,34,38-40,42,44-46,48,50-65H2,1-5H3/p+1/b10-8-,16-14-,21-19-,22-20-,27-25-,28-26-,33-32-,36-31-,37-35-,43-41-,49-47-. The number of aliphatic carboxylic acids is 1. The molecule has 0 heterocycles. The van der Waals surface area contributed by atoms with Crippen LogP contribution in [0.5, 0.6) is 0 Å². The summed E-state index contributed by atoms with van der Waals surface area (Å²) in [6.07, 6.45) is 82.4. The predicted octanol–water partition coefficient (Wildman–Crippen LogP) is 19.0. The number of nitrogens with zero attached hydrogens (tertiary/aromatic N) is 1. The second-order valence-corrected chi connectivity index (χ2v) is 21.6. The van der Waals surface area contributed by atoms with E-state index in [1.807, 2.05) is 21.1 Å². The molecule has 0 aliphatic rings. The fourth-order valence-electron chi connectivity index (χ4n) is 8.09. The van der Waals surface area contributed by atoms with Crippen LogP contribution >= 0.6 is 0 Å². The number of carboxylic acids is 1. The Hall–Kier alpha value is -4.57. The van der Waals surface area contributed by atoms with Crippen molar-refractivity contribution in [3.8, 4) is 0 Å². The molecule has 2 atom stereocenters. The smallest absolute Gasteiger partial charge is 0.361 e. The zero-order chi connectivity index (χ0) is 57.6. The van der Waals surface area contributed by atoms with E-state index in [1.165, 1.54) is 83.5 Å². The predicted molar refractivity (Wildman–Crippen MR) is 336 cm³/mol. The fraction of sp³-hybridized carbons (Fsp3) is 0.643. The van der Waals surface area contributed by atoms with Gasteiger partial charge in [0.1, 0.15) is 13.2 Å². The van der Waals surface area contributed by atoms with E-state index in [0.717, 1.165) is 116 Å². The average molecular weight is 1100 g/mol. The van der Waals surface area contributed by atoms with Crippen LogP contribution in [0.3, 0.4) is 0 Å². The molecule has 79 heavy (non-hydrogen) atoms. The quantitative estimate of drug-likeness (QED) is 0.0211. The summed E-state index contributed by atoms with van der Waals surface area (Å²) in [5.41, 5.74) is 0. The van der Waals surface area contributed by atoms with Gasteiger partial charge in [0, 0.05) is 12.8 Å². The molecule has 2 unspecified atom stereocenters. The van der Waals surface area contributed by atoms with Gasteiger partial charge in [-0.15, -0.1) is 0 Å². The summed E-state index contributed by atoms with van der Waals surface area (Å²) in [5, 5.41) is 9.72. The Morgan fingerprint density at radius 2 is 0.722 bits per heavy atom. The highest BCUT2D eigenvalue weighted by molar-refractivity contribution is 5.71. The lowest BCUT2D eigenvalue weighted by molar-refractivity contribution is -0.870. The van der Waals surface area contributed by atoms with Crippen molar-refractivity contribution in [2.24, 2.45) is 0 Å². The van der Waals surface area contributed by atoms with Crippen LogP contribution in [0.4, 0.5) is 0 Å². The van der Waals surface area contributed by atoms with Crippen molar-refractivity contribution < 1.29 is 42.9 Å². The molecule has 0 saturated heterocycles. The van der Waals surface area contributed by atoms with Crippen LogP contribution in [0.2, 0.25) is 0 Å². The number of esters is 2. The van der Waals surface area contributed by atoms with Crippen molar-refractivity contribution in [1.82, 2.24) is 0 Å². The molecule has 0 aromatic rings. The number of hydrogen-bond acceptors (Lipinski definition) is 7. The van der Waals surface area contributed by atoms with Crippen molar-refractivity contribution >= 4 is 17.9 Å². The first kappa shape index (κ1) is 74.4. The van der Waals surface area contributed by atoms with Gasteiger partial charge in [0.05, 0.1) is 34.4 Å².